The first kappa shape index (κ1) is 34.8. The van der Waals surface area contributed by atoms with E-state index in [4.69, 9.17) is 9.47 Å². The fraction of sp³-hybridized carbons (Fsp3) is 0.400. The van der Waals surface area contributed by atoms with Gasteiger partial charge in [-0.3, -0.25) is 9.59 Å². The van der Waals surface area contributed by atoms with Crippen molar-refractivity contribution in [3.8, 4) is 11.5 Å². The topological polar surface area (TPSA) is 112 Å². The Morgan fingerprint density at radius 1 is 1.00 bits per heavy atom. The number of aromatic nitrogens is 4. The van der Waals surface area contributed by atoms with Crippen LogP contribution in [-0.2, 0) is 29.8 Å². The van der Waals surface area contributed by atoms with Gasteiger partial charge in [-0.05, 0) is 37.1 Å². The van der Waals surface area contributed by atoms with E-state index in [1.54, 1.807) is 41.9 Å². The normalized spacial score (nSPS) is 10.7. The summed E-state index contributed by atoms with van der Waals surface area (Å²) >= 11 is 0. The molecule has 0 saturated heterocycles. The molecule has 43 heavy (non-hydrogen) atoms. The van der Waals surface area contributed by atoms with Crippen LogP contribution in [0.5, 0.6) is 11.5 Å². The van der Waals surface area contributed by atoms with Crippen LogP contribution in [0.25, 0.3) is 11.0 Å². The number of anilines is 3. The van der Waals surface area contributed by atoms with E-state index in [9.17, 15) is 22.8 Å². The van der Waals surface area contributed by atoms with Crippen LogP contribution in [-0.4, -0.2) is 38.2 Å². The molecule has 0 atom stereocenters. The number of nitrogens with zero attached hydrogens (tertiary/aromatic N) is 4. The molecule has 0 radical (unpaired) electrons. The summed E-state index contributed by atoms with van der Waals surface area (Å²) in [5, 5.41) is 5.28. The van der Waals surface area contributed by atoms with Gasteiger partial charge in [-0.2, -0.15) is 13.2 Å². The number of pyridine rings is 2. The van der Waals surface area contributed by atoms with E-state index in [0.29, 0.717) is 28.4 Å². The zero-order valence-corrected chi connectivity index (χ0v) is 25.5. The van der Waals surface area contributed by atoms with Gasteiger partial charge >= 0.3 is 6.18 Å². The molecule has 1 aromatic carbocycles. The zero-order valence-electron chi connectivity index (χ0n) is 25.5. The highest BCUT2D eigenvalue weighted by molar-refractivity contribution is 5.87. The molecule has 4 aromatic rings. The summed E-state index contributed by atoms with van der Waals surface area (Å²) < 4.78 is 53.0. The average molecular weight is 605 g/mol. The van der Waals surface area contributed by atoms with Crippen molar-refractivity contribution in [1.29, 1.82) is 0 Å². The van der Waals surface area contributed by atoms with E-state index in [-0.39, 0.29) is 17.5 Å². The first-order valence-electron chi connectivity index (χ1n) is 13.9. The molecule has 3 aromatic heterocycles. The Morgan fingerprint density at radius 2 is 1.65 bits per heavy atom. The second-order valence-electron chi connectivity index (χ2n) is 9.10. The third-order valence-electron chi connectivity index (χ3n) is 5.58. The number of ether oxygens (including phenoxy) is 2. The molecule has 0 bridgehead atoms. The lowest BCUT2D eigenvalue weighted by Gasteiger charge is -2.12. The van der Waals surface area contributed by atoms with Crippen LogP contribution in [0, 0.1) is 0 Å². The Hall–Kier alpha value is -4.39. The van der Waals surface area contributed by atoms with Crippen LogP contribution < -0.4 is 20.9 Å². The molecule has 0 fully saturated rings. The van der Waals surface area contributed by atoms with E-state index in [1.807, 2.05) is 13.8 Å². The fourth-order valence-electron chi connectivity index (χ4n) is 3.67. The lowest BCUT2D eigenvalue weighted by molar-refractivity contribution is -0.138. The maximum atomic E-state index is 13.2. The van der Waals surface area contributed by atoms with E-state index >= 15 is 0 Å². The predicted molar refractivity (Wildman–Crippen MR) is 162 cm³/mol. The Kier molecular flexibility index (Phi) is 13.2. The van der Waals surface area contributed by atoms with Gasteiger partial charge in [0, 0.05) is 58.8 Å². The van der Waals surface area contributed by atoms with Gasteiger partial charge in [0.1, 0.15) is 23.0 Å². The molecule has 0 saturated carbocycles. The minimum atomic E-state index is -4.60. The van der Waals surface area contributed by atoms with E-state index in [1.165, 1.54) is 20.2 Å². The number of alkyl halides is 3. The second kappa shape index (κ2) is 16.3. The van der Waals surface area contributed by atoms with Crippen LogP contribution in [0.4, 0.5) is 30.6 Å². The SMILES string of the molecule is CC.CC(=O)Nc1cc(Oc2ccc3nc(Nc4cc(C(F)(F)F)cn(C)c4=O)n(C)c3c2)ccn1.CCCOCCC. The first-order chi connectivity index (χ1) is 20.4. The largest absolute Gasteiger partial charge is 0.457 e. The molecule has 0 aliphatic heterocycles. The van der Waals surface area contributed by atoms with Crippen molar-refractivity contribution < 1.29 is 27.4 Å². The zero-order chi connectivity index (χ0) is 32.2. The highest BCUT2D eigenvalue weighted by Gasteiger charge is 2.32. The third-order valence-corrected chi connectivity index (χ3v) is 5.58. The number of carbonyl (C=O) groups excluding carboxylic acids is 1. The molecule has 4 rings (SSSR count). The number of amides is 1. The highest BCUT2D eigenvalue weighted by atomic mass is 19.4. The van der Waals surface area contributed by atoms with Crippen LogP contribution >= 0.6 is 0 Å². The predicted octanol–water partition coefficient (Wildman–Crippen LogP) is 7.03. The van der Waals surface area contributed by atoms with Gasteiger partial charge in [-0.1, -0.05) is 27.7 Å². The Balaban J connectivity index is 0.000000631. The number of hydrogen-bond donors (Lipinski definition) is 2. The summed E-state index contributed by atoms with van der Waals surface area (Å²) in [6.07, 6.45) is -0.101. The van der Waals surface area contributed by atoms with Gasteiger partial charge in [0.2, 0.25) is 11.9 Å². The van der Waals surface area contributed by atoms with Gasteiger partial charge in [0.25, 0.3) is 5.56 Å². The fourth-order valence-corrected chi connectivity index (χ4v) is 3.67. The molecule has 234 valence electrons. The number of imidazole rings is 1. The van der Waals surface area contributed by atoms with Crippen LogP contribution in [0.3, 0.4) is 0 Å². The summed E-state index contributed by atoms with van der Waals surface area (Å²) in [5.41, 5.74) is -0.691. The number of rotatable bonds is 9. The molecule has 0 spiro atoms. The summed E-state index contributed by atoms with van der Waals surface area (Å²) in [7, 11) is 2.90. The Labute approximate surface area is 248 Å². The van der Waals surface area contributed by atoms with E-state index in [0.717, 1.165) is 42.9 Å². The number of aryl methyl sites for hydroxylation is 2. The molecular formula is C30H39F3N6O4. The van der Waals surface area contributed by atoms with Crippen molar-refractivity contribution in [3.05, 3.63) is 64.7 Å². The van der Waals surface area contributed by atoms with Gasteiger partial charge in [0.15, 0.2) is 0 Å². The minimum Gasteiger partial charge on any atom is -0.457 e. The Morgan fingerprint density at radius 3 is 2.26 bits per heavy atom. The number of carbonyl (C=O) groups is 1. The minimum absolute atomic E-state index is 0.181. The maximum Gasteiger partial charge on any atom is 0.417 e. The van der Waals surface area contributed by atoms with Crippen molar-refractivity contribution in [3.63, 3.8) is 0 Å². The quantitative estimate of drug-likeness (QED) is 0.197. The van der Waals surface area contributed by atoms with Crippen molar-refractivity contribution in [2.45, 2.75) is 53.6 Å². The summed E-state index contributed by atoms with van der Waals surface area (Å²) in [6.45, 7) is 11.5. The lowest BCUT2D eigenvalue weighted by Crippen LogP contribution is -2.23. The van der Waals surface area contributed by atoms with Crippen molar-refractivity contribution in [2.24, 2.45) is 14.1 Å². The lowest BCUT2D eigenvalue weighted by atomic mass is 10.2. The number of halogens is 3. The van der Waals surface area contributed by atoms with Gasteiger partial charge in [-0.15, -0.1) is 0 Å². The molecule has 0 aliphatic rings. The van der Waals surface area contributed by atoms with Crippen molar-refractivity contribution >= 4 is 34.4 Å². The maximum absolute atomic E-state index is 13.2. The van der Waals surface area contributed by atoms with E-state index in [2.05, 4.69) is 34.4 Å². The average Bonchev–Trinajstić information content (AvgIpc) is 3.26. The molecule has 13 heteroatoms. The number of hydrogen-bond acceptors (Lipinski definition) is 7. The molecule has 1 amide bonds. The molecule has 3 heterocycles. The van der Waals surface area contributed by atoms with Gasteiger partial charge < -0.3 is 29.2 Å². The summed E-state index contributed by atoms with van der Waals surface area (Å²) in [6, 6.07) is 8.97. The molecule has 10 nitrogen and oxygen atoms in total. The number of nitrogens with one attached hydrogen (secondary N) is 2. The molecular weight excluding hydrogens is 565 g/mol. The molecule has 2 N–H and O–H groups in total. The smallest absolute Gasteiger partial charge is 0.417 e. The molecule has 0 unspecified atom stereocenters. The summed E-state index contributed by atoms with van der Waals surface area (Å²) in [5.74, 6) is 1.14. The number of benzene rings is 1. The van der Waals surface area contributed by atoms with Gasteiger partial charge in [0.05, 0.1) is 16.6 Å². The monoisotopic (exact) mass is 604 g/mol. The summed E-state index contributed by atoms with van der Waals surface area (Å²) in [4.78, 5) is 32.0. The van der Waals surface area contributed by atoms with Crippen LogP contribution in [0.1, 0.15) is 53.0 Å². The van der Waals surface area contributed by atoms with E-state index < -0.39 is 17.3 Å². The Bertz CT molecular complexity index is 1550. The number of fused-ring (bicyclic) bond motifs is 1. The highest BCUT2D eigenvalue weighted by Crippen LogP contribution is 2.31. The van der Waals surface area contributed by atoms with Crippen LogP contribution in [0.15, 0.2) is 53.6 Å². The first-order valence-corrected chi connectivity index (χ1v) is 13.9. The molecule has 0 aliphatic carbocycles. The van der Waals surface area contributed by atoms with Gasteiger partial charge in [-0.25, -0.2) is 9.97 Å². The third kappa shape index (κ3) is 10.1. The van der Waals surface area contributed by atoms with Crippen molar-refractivity contribution in [1.82, 2.24) is 19.1 Å². The van der Waals surface area contributed by atoms with Crippen molar-refractivity contribution in [2.75, 3.05) is 23.8 Å². The standard InChI is InChI=1S/C22H19F3N6O3.C6H14O.C2H6/c1-12(32)27-19-10-15(6-7-26-19)34-14-4-5-16-18(9-14)31(3)21(28-16)29-17-8-13(22(23,24)25)11-30(2)20(17)33;1-3-5-7-6-4-2;1-2/h4-11H,1-3H3,(H,28,29)(H,26,27,32);3-6H2,1-2H3;1-2H3. The second-order valence-corrected chi connectivity index (χ2v) is 9.10. The van der Waals surface area contributed by atoms with Crippen LogP contribution in [0.2, 0.25) is 0 Å².